The minimum Gasteiger partial charge on any atom is -0.396 e. The van der Waals surface area contributed by atoms with Crippen LogP contribution in [0.3, 0.4) is 0 Å². The van der Waals surface area contributed by atoms with Gasteiger partial charge < -0.3 is 10.4 Å². The van der Waals surface area contributed by atoms with Gasteiger partial charge in [0, 0.05) is 25.1 Å². The van der Waals surface area contributed by atoms with Crippen LogP contribution in [0.15, 0.2) is 30.3 Å². The van der Waals surface area contributed by atoms with Crippen molar-refractivity contribution in [3.8, 4) is 0 Å². The van der Waals surface area contributed by atoms with Gasteiger partial charge in [0.1, 0.15) is 0 Å². The van der Waals surface area contributed by atoms with Crippen molar-refractivity contribution in [2.75, 3.05) is 13.2 Å². The van der Waals surface area contributed by atoms with Crippen molar-refractivity contribution < 1.29 is 5.11 Å². The summed E-state index contributed by atoms with van der Waals surface area (Å²) in [5.74, 6) is 0. The van der Waals surface area contributed by atoms with E-state index in [1.54, 1.807) is 0 Å². The molecular formula is C14H23NO. The molecule has 1 aromatic rings. The number of aliphatic hydroxyl groups is 1. The van der Waals surface area contributed by atoms with Gasteiger partial charge in [0.25, 0.3) is 0 Å². The molecule has 0 bridgehead atoms. The first-order chi connectivity index (χ1) is 7.76. The maximum absolute atomic E-state index is 9.43. The molecule has 0 aliphatic rings. The van der Waals surface area contributed by atoms with Crippen molar-refractivity contribution in [1.29, 1.82) is 0 Å². The summed E-state index contributed by atoms with van der Waals surface area (Å²) in [4.78, 5) is 0. The minimum atomic E-state index is 0.0504. The molecule has 0 atom stereocenters. The first-order valence-corrected chi connectivity index (χ1v) is 6.12. The lowest BCUT2D eigenvalue weighted by atomic mass is 9.83. The Labute approximate surface area is 98.7 Å². The van der Waals surface area contributed by atoms with E-state index >= 15 is 0 Å². The Morgan fingerprint density at radius 2 is 1.75 bits per heavy atom. The van der Waals surface area contributed by atoms with E-state index in [0.29, 0.717) is 0 Å². The summed E-state index contributed by atoms with van der Waals surface area (Å²) in [5.41, 5.74) is 1.34. The third-order valence-electron chi connectivity index (χ3n) is 3.51. The Hall–Kier alpha value is -0.860. The highest BCUT2D eigenvalue weighted by Crippen LogP contribution is 2.24. The van der Waals surface area contributed by atoms with Gasteiger partial charge in [-0.3, -0.25) is 0 Å². The number of nitrogens with one attached hydrogen (secondary N) is 1. The fourth-order valence-electron chi connectivity index (χ4n) is 1.85. The summed E-state index contributed by atoms with van der Waals surface area (Å²) in [5, 5.41) is 12.9. The molecular weight excluding hydrogens is 198 g/mol. The van der Waals surface area contributed by atoms with Gasteiger partial charge in [0.15, 0.2) is 0 Å². The molecule has 0 spiro atoms. The van der Waals surface area contributed by atoms with Gasteiger partial charge in [0.2, 0.25) is 0 Å². The maximum Gasteiger partial charge on any atom is 0.0499 e. The van der Waals surface area contributed by atoms with Crippen LogP contribution in [0.1, 0.15) is 32.3 Å². The van der Waals surface area contributed by atoms with E-state index in [1.165, 1.54) is 5.56 Å². The zero-order chi connectivity index (χ0) is 11.9. The van der Waals surface area contributed by atoms with E-state index in [2.05, 4.69) is 43.4 Å². The molecule has 16 heavy (non-hydrogen) atoms. The van der Waals surface area contributed by atoms with E-state index in [4.69, 9.17) is 0 Å². The van der Waals surface area contributed by atoms with Gasteiger partial charge in [-0.1, -0.05) is 44.2 Å². The average Bonchev–Trinajstić information content (AvgIpc) is 2.37. The monoisotopic (exact) mass is 221 g/mol. The normalized spacial score (nSPS) is 11.7. The lowest BCUT2D eigenvalue weighted by Gasteiger charge is -2.29. The molecule has 0 aromatic heterocycles. The molecule has 0 aliphatic carbocycles. The lowest BCUT2D eigenvalue weighted by Crippen LogP contribution is -2.36. The average molecular weight is 221 g/mol. The number of aliphatic hydroxyl groups excluding tert-OH is 1. The molecule has 0 amide bonds. The van der Waals surface area contributed by atoms with Crippen molar-refractivity contribution in [2.45, 2.75) is 33.2 Å². The first kappa shape index (κ1) is 13.2. The zero-order valence-corrected chi connectivity index (χ0v) is 10.4. The van der Waals surface area contributed by atoms with Crippen molar-refractivity contribution >= 4 is 0 Å². The highest BCUT2D eigenvalue weighted by atomic mass is 16.3. The Morgan fingerprint density at radius 1 is 1.12 bits per heavy atom. The van der Waals surface area contributed by atoms with Crippen LogP contribution in [0.25, 0.3) is 0 Å². The molecule has 0 saturated heterocycles. The van der Waals surface area contributed by atoms with Crippen LogP contribution < -0.4 is 5.32 Å². The smallest absolute Gasteiger partial charge is 0.0499 e. The van der Waals surface area contributed by atoms with Crippen LogP contribution in [0.4, 0.5) is 0 Å². The van der Waals surface area contributed by atoms with Gasteiger partial charge in [-0.25, -0.2) is 0 Å². The largest absolute Gasteiger partial charge is 0.396 e. The number of benzene rings is 1. The summed E-state index contributed by atoms with van der Waals surface area (Å²) in [6.07, 6.45) is 2.03. The zero-order valence-electron chi connectivity index (χ0n) is 10.4. The highest BCUT2D eigenvalue weighted by molar-refractivity contribution is 5.14. The summed E-state index contributed by atoms with van der Waals surface area (Å²) >= 11 is 0. The molecule has 0 radical (unpaired) electrons. The molecule has 90 valence electrons. The molecule has 0 heterocycles. The third-order valence-corrected chi connectivity index (χ3v) is 3.51. The first-order valence-electron chi connectivity index (χ1n) is 6.12. The quantitative estimate of drug-likeness (QED) is 0.741. The standard InChI is InChI=1S/C14H23NO/c1-3-14(4-2,12-16)11-15-10-13-8-6-5-7-9-13/h5-9,15-16H,3-4,10-12H2,1-2H3. The molecule has 2 N–H and O–H groups in total. The summed E-state index contributed by atoms with van der Waals surface area (Å²) in [6.45, 7) is 6.31. The minimum absolute atomic E-state index is 0.0504. The summed E-state index contributed by atoms with van der Waals surface area (Å²) in [6, 6.07) is 10.4. The van der Waals surface area contributed by atoms with Crippen LogP contribution in [-0.4, -0.2) is 18.3 Å². The molecule has 1 aromatic carbocycles. The maximum atomic E-state index is 9.43. The molecule has 2 heteroatoms. The number of hydrogen-bond donors (Lipinski definition) is 2. The highest BCUT2D eigenvalue weighted by Gasteiger charge is 2.24. The van der Waals surface area contributed by atoms with E-state index in [-0.39, 0.29) is 12.0 Å². The van der Waals surface area contributed by atoms with E-state index < -0.39 is 0 Å². The molecule has 1 rings (SSSR count). The SMILES string of the molecule is CCC(CC)(CO)CNCc1ccccc1. The second-order valence-electron chi connectivity index (χ2n) is 4.45. The predicted octanol–water partition coefficient (Wildman–Crippen LogP) is 2.57. The van der Waals surface area contributed by atoms with Crippen molar-refractivity contribution in [2.24, 2.45) is 5.41 Å². The lowest BCUT2D eigenvalue weighted by molar-refractivity contribution is 0.113. The van der Waals surface area contributed by atoms with Crippen LogP contribution >= 0.6 is 0 Å². The van der Waals surface area contributed by atoms with Crippen LogP contribution in [-0.2, 0) is 6.54 Å². The Bertz CT molecular complexity index is 272. The van der Waals surface area contributed by atoms with Gasteiger partial charge >= 0.3 is 0 Å². The Kier molecular flexibility index (Phi) is 5.50. The van der Waals surface area contributed by atoms with Crippen molar-refractivity contribution in [3.05, 3.63) is 35.9 Å². The second kappa shape index (κ2) is 6.66. The fourth-order valence-corrected chi connectivity index (χ4v) is 1.85. The summed E-state index contributed by atoms with van der Waals surface area (Å²) in [7, 11) is 0. The number of rotatable bonds is 7. The number of hydrogen-bond acceptors (Lipinski definition) is 2. The predicted molar refractivity (Wildman–Crippen MR) is 68.2 cm³/mol. The summed E-state index contributed by atoms with van der Waals surface area (Å²) < 4.78 is 0. The third kappa shape index (κ3) is 3.62. The topological polar surface area (TPSA) is 32.3 Å². The van der Waals surface area contributed by atoms with Gasteiger partial charge in [-0.15, -0.1) is 0 Å². The fraction of sp³-hybridized carbons (Fsp3) is 0.571. The Morgan fingerprint density at radius 3 is 2.25 bits per heavy atom. The molecule has 0 fully saturated rings. The van der Waals surface area contributed by atoms with Gasteiger partial charge in [-0.05, 0) is 18.4 Å². The van der Waals surface area contributed by atoms with Crippen molar-refractivity contribution in [3.63, 3.8) is 0 Å². The van der Waals surface area contributed by atoms with Crippen LogP contribution in [0.5, 0.6) is 0 Å². The van der Waals surface area contributed by atoms with Crippen LogP contribution in [0, 0.1) is 5.41 Å². The second-order valence-corrected chi connectivity index (χ2v) is 4.45. The van der Waals surface area contributed by atoms with E-state index in [0.717, 1.165) is 25.9 Å². The van der Waals surface area contributed by atoms with Gasteiger partial charge in [0.05, 0.1) is 0 Å². The molecule has 2 nitrogen and oxygen atoms in total. The van der Waals surface area contributed by atoms with Crippen molar-refractivity contribution in [1.82, 2.24) is 5.32 Å². The molecule has 0 aliphatic heterocycles. The van der Waals surface area contributed by atoms with E-state index in [9.17, 15) is 5.11 Å². The molecule has 0 saturated carbocycles. The van der Waals surface area contributed by atoms with Gasteiger partial charge in [-0.2, -0.15) is 0 Å². The molecule has 0 unspecified atom stereocenters. The van der Waals surface area contributed by atoms with E-state index in [1.807, 2.05) is 6.07 Å². The van der Waals surface area contributed by atoms with Crippen LogP contribution in [0.2, 0.25) is 0 Å². The Balaban J connectivity index is 2.39.